The Morgan fingerprint density at radius 3 is 2.82 bits per heavy atom. The van der Waals surface area contributed by atoms with Gasteiger partial charge in [-0.15, -0.1) is 0 Å². The van der Waals surface area contributed by atoms with Crippen molar-refractivity contribution in [3.05, 3.63) is 11.9 Å². The quantitative estimate of drug-likeness (QED) is 0.802. The highest BCUT2D eigenvalue weighted by Gasteiger charge is 2.27. The van der Waals surface area contributed by atoms with Crippen molar-refractivity contribution in [2.24, 2.45) is 0 Å². The van der Waals surface area contributed by atoms with Crippen LogP contribution in [0.1, 0.15) is 37.9 Å². The molecule has 0 saturated heterocycles. The van der Waals surface area contributed by atoms with Gasteiger partial charge in [0.2, 0.25) is 0 Å². The zero-order valence-electron chi connectivity index (χ0n) is 10.4. The molecule has 0 amide bonds. The van der Waals surface area contributed by atoms with Crippen molar-refractivity contribution in [2.45, 2.75) is 38.2 Å². The van der Waals surface area contributed by atoms with E-state index >= 15 is 0 Å². The molecule has 0 aromatic carbocycles. The Labute approximate surface area is 102 Å². The number of hydrogen-bond donors (Lipinski definition) is 2. The number of aliphatic hydroxyl groups is 1. The summed E-state index contributed by atoms with van der Waals surface area (Å²) in [5.74, 6) is 2.74. The predicted molar refractivity (Wildman–Crippen MR) is 68.0 cm³/mol. The van der Waals surface area contributed by atoms with Crippen molar-refractivity contribution in [2.75, 3.05) is 24.2 Å². The van der Waals surface area contributed by atoms with Gasteiger partial charge in [0.15, 0.2) is 0 Å². The molecule has 94 valence electrons. The van der Waals surface area contributed by atoms with Gasteiger partial charge in [0, 0.05) is 25.6 Å². The fourth-order valence-corrected chi connectivity index (χ4v) is 1.69. The van der Waals surface area contributed by atoms with E-state index in [2.05, 4.69) is 9.97 Å². The van der Waals surface area contributed by atoms with E-state index in [4.69, 9.17) is 5.73 Å². The van der Waals surface area contributed by atoms with Crippen LogP contribution in [0.3, 0.4) is 0 Å². The summed E-state index contributed by atoms with van der Waals surface area (Å²) in [6.07, 6.45) is 2.76. The topological polar surface area (TPSA) is 75.3 Å². The Bertz CT molecular complexity index is 390. The van der Waals surface area contributed by atoms with E-state index in [1.807, 2.05) is 11.9 Å². The van der Waals surface area contributed by atoms with Crippen LogP contribution in [0.5, 0.6) is 0 Å². The molecule has 1 fully saturated rings. The molecule has 5 nitrogen and oxygen atoms in total. The monoisotopic (exact) mass is 236 g/mol. The summed E-state index contributed by atoms with van der Waals surface area (Å²) in [6, 6.07) is 1.79. The molecule has 0 bridgehead atoms. The minimum absolute atomic E-state index is 0.292. The summed E-state index contributed by atoms with van der Waals surface area (Å²) in [5, 5.41) is 9.27. The van der Waals surface area contributed by atoms with Crippen molar-refractivity contribution in [3.8, 4) is 0 Å². The van der Waals surface area contributed by atoms with Crippen LogP contribution in [-0.2, 0) is 0 Å². The minimum atomic E-state index is -0.292. The zero-order chi connectivity index (χ0) is 12.4. The van der Waals surface area contributed by atoms with Crippen molar-refractivity contribution in [1.82, 2.24) is 9.97 Å². The van der Waals surface area contributed by atoms with Crippen molar-refractivity contribution >= 4 is 11.6 Å². The highest BCUT2D eigenvalue weighted by atomic mass is 16.3. The Morgan fingerprint density at radius 2 is 2.24 bits per heavy atom. The highest BCUT2D eigenvalue weighted by Crippen LogP contribution is 2.38. The second-order valence-electron chi connectivity index (χ2n) is 4.84. The molecule has 1 aliphatic carbocycles. The zero-order valence-corrected chi connectivity index (χ0v) is 10.4. The van der Waals surface area contributed by atoms with Crippen LogP contribution in [0.4, 0.5) is 11.6 Å². The molecule has 1 heterocycles. The predicted octanol–water partition coefficient (Wildman–Crippen LogP) is 1.14. The van der Waals surface area contributed by atoms with E-state index in [1.54, 1.807) is 13.0 Å². The molecule has 1 atom stereocenters. The van der Waals surface area contributed by atoms with Gasteiger partial charge in [-0.1, -0.05) is 0 Å². The Kier molecular flexibility index (Phi) is 3.47. The molecule has 1 aliphatic rings. The standard InChI is InChI=1S/C12H20N4O/c1-8(17)5-6-16(2)11-7-10(13)14-12(15-11)9-3-4-9/h7-9,17H,3-6H2,1-2H3,(H2,13,14,15). The summed E-state index contributed by atoms with van der Waals surface area (Å²) in [6.45, 7) is 2.55. The van der Waals surface area contributed by atoms with Gasteiger partial charge in [-0.3, -0.25) is 0 Å². The maximum atomic E-state index is 9.27. The first-order valence-electron chi connectivity index (χ1n) is 6.10. The largest absolute Gasteiger partial charge is 0.393 e. The van der Waals surface area contributed by atoms with Crippen LogP contribution >= 0.6 is 0 Å². The number of nitrogens with zero attached hydrogens (tertiary/aromatic N) is 3. The summed E-state index contributed by atoms with van der Waals surface area (Å²) in [5.41, 5.74) is 5.79. The number of nitrogen functional groups attached to an aromatic ring is 1. The molecule has 0 radical (unpaired) electrons. The number of hydrogen-bond acceptors (Lipinski definition) is 5. The molecule has 1 saturated carbocycles. The van der Waals surface area contributed by atoms with Gasteiger partial charge in [-0.2, -0.15) is 0 Å². The lowest BCUT2D eigenvalue weighted by Crippen LogP contribution is -2.23. The molecule has 1 aromatic heterocycles. The molecule has 5 heteroatoms. The lowest BCUT2D eigenvalue weighted by molar-refractivity contribution is 0.187. The lowest BCUT2D eigenvalue weighted by atomic mass is 10.3. The first-order valence-corrected chi connectivity index (χ1v) is 6.10. The third kappa shape index (κ3) is 3.30. The Balaban J connectivity index is 2.08. The average molecular weight is 236 g/mol. The van der Waals surface area contributed by atoms with Gasteiger partial charge < -0.3 is 15.7 Å². The lowest BCUT2D eigenvalue weighted by Gasteiger charge is -2.19. The third-order valence-electron chi connectivity index (χ3n) is 2.97. The molecule has 2 rings (SSSR count). The van der Waals surface area contributed by atoms with Crippen LogP contribution in [0.15, 0.2) is 6.07 Å². The van der Waals surface area contributed by atoms with E-state index in [1.165, 1.54) is 12.8 Å². The van der Waals surface area contributed by atoms with Crippen LogP contribution in [0.2, 0.25) is 0 Å². The van der Waals surface area contributed by atoms with Crippen LogP contribution < -0.4 is 10.6 Å². The smallest absolute Gasteiger partial charge is 0.136 e. The molecular weight excluding hydrogens is 216 g/mol. The number of rotatable bonds is 5. The first-order chi connectivity index (χ1) is 8.06. The van der Waals surface area contributed by atoms with Crippen molar-refractivity contribution in [3.63, 3.8) is 0 Å². The first kappa shape index (κ1) is 12.1. The number of aromatic nitrogens is 2. The molecule has 1 unspecified atom stereocenters. The number of anilines is 2. The van der Waals surface area contributed by atoms with Gasteiger partial charge in [0.25, 0.3) is 0 Å². The Hall–Kier alpha value is -1.36. The number of nitrogens with two attached hydrogens (primary N) is 1. The fourth-order valence-electron chi connectivity index (χ4n) is 1.69. The van der Waals surface area contributed by atoms with Crippen LogP contribution in [0.25, 0.3) is 0 Å². The van der Waals surface area contributed by atoms with Gasteiger partial charge in [0.05, 0.1) is 6.10 Å². The fraction of sp³-hybridized carbons (Fsp3) is 0.667. The molecular formula is C12H20N4O. The second-order valence-corrected chi connectivity index (χ2v) is 4.84. The maximum absolute atomic E-state index is 9.27. The van der Waals surface area contributed by atoms with Crippen LogP contribution in [-0.4, -0.2) is 34.8 Å². The highest BCUT2D eigenvalue weighted by molar-refractivity contribution is 5.47. The molecule has 17 heavy (non-hydrogen) atoms. The number of aliphatic hydroxyl groups excluding tert-OH is 1. The summed E-state index contributed by atoms with van der Waals surface area (Å²) in [7, 11) is 1.96. The molecule has 0 aliphatic heterocycles. The van der Waals surface area contributed by atoms with E-state index in [0.29, 0.717) is 11.7 Å². The van der Waals surface area contributed by atoms with E-state index in [-0.39, 0.29) is 6.10 Å². The molecule has 0 spiro atoms. The van der Waals surface area contributed by atoms with Gasteiger partial charge in [0.1, 0.15) is 17.5 Å². The van der Waals surface area contributed by atoms with Gasteiger partial charge in [-0.25, -0.2) is 9.97 Å². The van der Waals surface area contributed by atoms with E-state index in [9.17, 15) is 5.11 Å². The summed E-state index contributed by atoms with van der Waals surface area (Å²) >= 11 is 0. The summed E-state index contributed by atoms with van der Waals surface area (Å²) < 4.78 is 0. The second kappa shape index (κ2) is 4.87. The third-order valence-corrected chi connectivity index (χ3v) is 2.97. The van der Waals surface area contributed by atoms with Crippen LogP contribution in [0, 0.1) is 0 Å². The minimum Gasteiger partial charge on any atom is -0.393 e. The maximum Gasteiger partial charge on any atom is 0.136 e. The summed E-state index contributed by atoms with van der Waals surface area (Å²) in [4.78, 5) is 10.8. The Morgan fingerprint density at radius 1 is 1.53 bits per heavy atom. The average Bonchev–Trinajstić information content (AvgIpc) is 3.08. The van der Waals surface area contributed by atoms with E-state index < -0.39 is 0 Å². The van der Waals surface area contributed by atoms with Crippen molar-refractivity contribution in [1.29, 1.82) is 0 Å². The van der Waals surface area contributed by atoms with Crippen molar-refractivity contribution < 1.29 is 5.11 Å². The SMILES string of the molecule is CC(O)CCN(C)c1cc(N)nc(C2CC2)n1. The molecule has 1 aromatic rings. The van der Waals surface area contributed by atoms with E-state index in [0.717, 1.165) is 24.6 Å². The van der Waals surface area contributed by atoms with Gasteiger partial charge in [-0.05, 0) is 26.2 Å². The molecule has 3 N–H and O–H groups in total. The normalized spacial score (nSPS) is 16.9. The van der Waals surface area contributed by atoms with Gasteiger partial charge >= 0.3 is 0 Å².